The van der Waals surface area contributed by atoms with Crippen LogP contribution < -0.4 is 4.72 Å². The molecule has 26 heavy (non-hydrogen) atoms. The molecule has 0 aliphatic heterocycles. The SMILES string of the molecule is Cc1cc(S(=O)(=O)NCCc2cnc(-c3ccccc3)nc2)ccc1F. The van der Waals surface area contributed by atoms with Crippen LogP contribution >= 0.6 is 0 Å². The van der Waals surface area contributed by atoms with Crippen molar-refractivity contribution in [3.05, 3.63) is 77.9 Å². The summed E-state index contributed by atoms with van der Waals surface area (Å²) in [5.74, 6) is 0.191. The molecular weight excluding hydrogens is 353 g/mol. The number of rotatable bonds is 6. The Morgan fingerprint density at radius 2 is 1.73 bits per heavy atom. The van der Waals surface area contributed by atoms with Gasteiger partial charge in [0.25, 0.3) is 0 Å². The average molecular weight is 371 g/mol. The standard InChI is InChI=1S/C19H18FN3O2S/c1-14-11-17(7-8-18(14)20)26(24,25)23-10-9-15-12-21-19(22-13-15)16-5-3-2-4-6-16/h2-8,11-13,23H,9-10H2,1H3. The van der Waals surface area contributed by atoms with Crippen molar-refractivity contribution in [2.24, 2.45) is 0 Å². The van der Waals surface area contributed by atoms with Gasteiger partial charge in [-0.15, -0.1) is 0 Å². The maximum Gasteiger partial charge on any atom is 0.240 e. The molecule has 0 aliphatic rings. The van der Waals surface area contributed by atoms with E-state index in [0.717, 1.165) is 17.2 Å². The highest BCUT2D eigenvalue weighted by Crippen LogP contribution is 2.15. The van der Waals surface area contributed by atoms with E-state index in [1.54, 1.807) is 12.4 Å². The van der Waals surface area contributed by atoms with Crippen LogP contribution in [-0.4, -0.2) is 24.9 Å². The average Bonchev–Trinajstić information content (AvgIpc) is 2.65. The Morgan fingerprint density at radius 3 is 2.38 bits per heavy atom. The van der Waals surface area contributed by atoms with Crippen molar-refractivity contribution in [2.75, 3.05) is 6.54 Å². The van der Waals surface area contributed by atoms with E-state index in [9.17, 15) is 12.8 Å². The first-order chi connectivity index (χ1) is 12.5. The molecule has 0 bridgehead atoms. The molecule has 0 atom stereocenters. The van der Waals surface area contributed by atoms with Gasteiger partial charge in [0.15, 0.2) is 5.82 Å². The van der Waals surface area contributed by atoms with Gasteiger partial charge in [-0.1, -0.05) is 30.3 Å². The molecular formula is C19H18FN3O2S. The number of hydrogen-bond acceptors (Lipinski definition) is 4. The molecule has 1 heterocycles. The number of sulfonamides is 1. The summed E-state index contributed by atoms with van der Waals surface area (Å²) >= 11 is 0. The predicted molar refractivity (Wildman–Crippen MR) is 97.5 cm³/mol. The van der Waals surface area contributed by atoms with E-state index in [2.05, 4.69) is 14.7 Å². The molecule has 1 N–H and O–H groups in total. The summed E-state index contributed by atoms with van der Waals surface area (Å²) in [4.78, 5) is 8.68. The van der Waals surface area contributed by atoms with E-state index in [-0.39, 0.29) is 17.0 Å². The van der Waals surface area contributed by atoms with Crippen molar-refractivity contribution in [1.82, 2.24) is 14.7 Å². The van der Waals surface area contributed by atoms with Crippen LogP contribution in [0.2, 0.25) is 0 Å². The fraction of sp³-hybridized carbons (Fsp3) is 0.158. The van der Waals surface area contributed by atoms with Gasteiger partial charge in [0.05, 0.1) is 4.90 Å². The smallest absolute Gasteiger partial charge is 0.236 e. The lowest BCUT2D eigenvalue weighted by Crippen LogP contribution is -2.26. The summed E-state index contributed by atoms with van der Waals surface area (Å²) in [6.07, 6.45) is 3.83. The number of nitrogens with zero attached hydrogens (tertiary/aromatic N) is 2. The number of aromatic nitrogens is 2. The summed E-state index contributed by atoms with van der Waals surface area (Å²) in [6.45, 7) is 1.73. The van der Waals surface area contributed by atoms with Crippen molar-refractivity contribution >= 4 is 10.0 Å². The van der Waals surface area contributed by atoms with Gasteiger partial charge < -0.3 is 0 Å². The fourth-order valence-corrected chi connectivity index (χ4v) is 3.53. The Balaban J connectivity index is 1.61. The maximum absolute atomic E-state index is 13.3. The molecule has 0 amide bonds. The van der Waals surface area contributed by atoms with E-state index < -0.39 is 15.8 Å². The normalized spacial score (nSPS) is 11.5. The van der Waals surface area contributed by atoms with Crippen LogP contribution in [-0.2, 0) is 16.4 Å². The molecule has 134 valence electrons. The molecule has 0 spiro atoms. The van der Waals surface area contributed by atoms with Gasteiger partial charge in [-0.2, -0.15) is 0 Å². The number of aryl methyl sites for hydroxylation is 1. The minimum atomic E-state index is -3.68. The summed E-state index contributed by atoms with van der Waals surface area (Å²) < 4.78 is 40.3. The molecule has 3 aromatic rings. The molecule has 1 aromatic heterocycles. The van der Waals surface area contributed by atoms with E-state index in [0.29, 0.717) is 12.2 Å². The van der Waals surface area contributed by atoms with E-state index in [1.165, 1.54) is 19.1 Å². The van der Waals surface area contributed by atoms with E-state index >= 15 is 0 Å². The largest absolute Gasteiger partial charge is 0.240 e. The van der Waals surface area contributed by atoms with E-state index in [1.807, 2.05) is 30.3 Å². The molecule has 0 saturated heterocycles. The second kappa shape index (κ2) is 7.72. The lowest BCUT2D eigenvalue weighted by molar-refractivity contribution is 0.580. The van der Waals surface area contributed by atoms with Crippen molar-refractivity contribution in [3.8, 4) is 11.4 Å². The highest BCUT2D eigenvalue weighted by molar-refractivity contribution is 7.89. The van der Waals surface area contributed by atoms with E-state index in [4.69, 9.17) is 0 Å². The highest BCUT2D eigenvalue weighted by Gasteiger charge is 2.14. The second-order valence-corrected chi connectivity index (χ2v) is 7.61. The van der Waals surface area contributed by atoms with Crippen molar-refractivity contribution in [1.29, 1.82) is 0 Å². The highest BCUT2D eigenvalue weighted by atomic mass is 32.2. The lowest BCUT2D eigenvalue weighted by Gasteiger charge is -2.08. The zero-order valence-corrected chi connectivity index (χ0v) is 15.0. The van der Waals surface area contributed by atoms with Crippen LogP contribution in [0.3, 0.4) is 0 Å². The molecule has 0 radical (unpaired) electrons. The van der Waals surface area contributed by atoms with Gasteiger partial charge in [0.2, 0.25) is 10.0 Å². The molecule has 3 rings (SSSR count). The van der Waals surface area contributed by atoms with Crippen LogP contribution in [0.1, 0.15) is 11.1 Å². The summed E-state index contributed by atoms with van der Waals surface area (Å²) in [7, 11) is -3.68. The maximum atomic E-state index is 13.3. The first kappa shape index (κ1) is 18.2. The molecule has 7 heteroatoms. The molecule has 0 fully saturated rings. The third-order valence-corrected chi connectivity index (χ3v) is 5.34. The van der Waals surface area contributed by atoms with Gasteiger partial charge in [-0.3, -0.25) is 0 Å². The third-order valence-electron chi connectivity index (χ3n) is 3.88. The Hall–Kier alpha value is -2.64. The van der Waals surface area contributed by atoms with Crippen LogP contribution in [0.4, 0.5) is 4.39 Å². The number of hydrogen-bond donors (Lipinski definition) is 1. The third kappa shape index (κ3) is 4.30. The van der Waals surface area contributed by atoms with Gasteiger partial charge in [0.1, 0.15) is 5.82 Å². The molecule has 5 nitrogen and oxygen atoms in total. The summed E-state index contributed by atoms with van der Waals surface area (Å²) in [6, 6.07) is 13.3. The minimum absolute atomic E-state index is 0.0482. The molecule has 0 aliphatic carbocycles. The minimum Gasteiger partial charge on any atom is -0.236 e. The Morgan fingerprint density at radius 1 is 1.04 bits per heavy atom. The van der Waals surface area contributed by atoms with Gasteiger partial charge >= 0.3 is 0 Å². The van der Waals surface area contributed by atoms with Crippen molar-refractivity contribution in [2.45, 2.75) is 18.2 Å². The first-order valence-electron chi connectivity index (χ1n) is 8.08. The summed E-state index contributed by atoms with van der Waals surface area (Å²) in [5.41, 5.74) is 2.03. The molecule has 0 saturated carbocycles. The lowest BCUT2D eigenvalue weighted by atomic mass is 10.2. The quantitative estimate of drug-likeness (QED) is 0.723. The van der Waals surface area contributed by atoms with Crippen molar-refractivity contribution < 1.29 is 12.8 Å². The topological polar surface area (TPSA) is 72.0 Å². The zero-order valence-electron chi connectivity index (χ0n) is 14.2. The fourth-order valence-electron chi connectivity index (χ4n) is 2.42. The summed E-state index contributed by atoms with van der Waals surface area (Å²) in [5, 5.41) is 0. The molecule has 0 unspecified atom stereocenters. The van der Waals surface area contributed by atoms with Gasteiger partial charge in [0, 0.05) is 24.5 Å². The monoisotopic (exact) mass is 371 g/mol. The Bertz CT molecular complexity index is 991. The van der Waals surface area contributed by atoms with Crippen molar-refractivity contribution in [3.63, 3.8) is 0 Å². The van der Waals surface area contributed by atoms with Crippen LogP contribution in [0.15, 0.2) is 65.8 Å². The van der Waals surface area contributed by atoms with Gasteiger partial charge in [-0.05, 0) is 42.7 Å². The first-order valence-corrected chi connectivity index (χ1v) is 9.56. The number of benzene rings is 2. The van der Waals surface area contributed by atoms with Crippen LogP contribution in [0.25, 0.3) is 11.4 Å². The van der Waals surface area contributed by atoms with Gasteiger partial charge in [-0.25, -0.2) is 27.5 Å². The van der Waals surface area contributed by atoms with Crippen LogP contribution in [0, 0.1) is 12.7 Å². The molecule has 2 aromatic carbocycles. The zero-order chi connectivity index (χ0) is 18.6. The number of halogens is 1. The number of nitrogens with one attached hydrogen (secondary N) is 1. The Labute approximate surface area is 152 Å². The van der Waals surface area contributed by atoms with Crippen LogP contribution in [0.5, 0.6) is 0 Å². The predicted octanol–water partition coefficient (Wildman–Crippen LogP) is 3.11. The Kier molecular flexibility index (Phi) is 5.39. The second-order valence-electron chi connectivity index (χ2n) is 5.84.